The lowest BCUT2D eigenvalue weighted by molar-refractivity contribution is -0.135. The highest BCUT2D eigenvalue weighted by Gasteiger charge is 2.23. The fourth-order valence-electron chi connectivity index (χ4n) is 2.52. The van der Waals surface area contributed by atoms with E-state index < -0.39 is 0 Å². The minimum Gasteiger partial charge on any atom is -0.342 e. The van der Waals surface area contributed by atoms with Crippen LogP contribution in [0.15, 0.2) is 18.3 Å². The summed E-state index contributed by atoms with van der Waals surface area (Å²) in [6.45, 7) is 8.53. The summed E-state index contributed by atoms with van der Waals surface area (Å²) in [6, 6.07) is 4.66. The molecule has 1 aromatic rings. The lowest BCUT2D eigenvalue weighted by atomic mass is 10.0. The van der Waals surface area contributed by atoms with E-state index in [0.29, 0.717) is 6.04 Å². The average Bonchev–Trinajstić information content (AvgIpc) is 2.46. The number of hydrogen-bond donors (Lipinski definition) is 1. The van der Waals surface area contributed by atoms with Crippen LogP contribution in [-0.4, -0.2) is 34.9 Å². The molecule has 1 aliphatic rings. The van der Waals surface area contributed by atoms with Crippen LogP contribution in [0.2, 0.25) is 0 Å². The van der Waals surface area contributed by atoms with Gasteiger partial charge in [-0.3, -0.25) is 9.78 Å². The van der Waals surface area contributed by atoms with E-state index in [1.807, 2.05) is 31.9 Å². The van der Waals surface area contributed by atoms with Crippen LogP contribution < -0.4 is 5.32 Å². The second-order valence-electron chi connectivity index (χ2n) is 5.96. The third-order valence-corrected chi connectivity index (χ3v) is 3.85. The van der Waals surface area contributed by atoms with Crippen LogP contribution in [0, 0.1) is 12.8 Å². The summed E-state index contributed by atoms with van der Waals surface area (Å²) in [5.41, 5.74) is 2.27. The number of amides is 1. The molecule has 0 spiro atoms. The Labute approximate surface area is 121 Å². The maximum absolute atomic E-state index is 11.9. The van der Waals surface area contributed by atoms with Crippen molar-refractivity contribution in [3.63, 3.8) is 0 Å². The molecule has 0 radical (unpaired) electrons. The molecule has 0 aromatic carbocycles. The van der Waals surface area contributed by atoms with Crippen molar-refractivity contribution < 1.29 is 4.79 Å². The molecule has 0 saturated carbocycles. The Morgan fingerprint density at radius 1 is 1.40 bits per heavy atom. The van der Waals surface area contributed by atoms with Crippen molar-refractivity contribution in [3.8, 4) is 0 Å². The van der Waals surface area contributed by atoms with Crippen molar-refractivity contribution in [2.24, 2.45) is 5.92 Å². The van der Waals surface area contributed by atoms with E-state index in [4.69, 9.17) is 0 Å². The Hall–Kier alpha value is -1.42. The highest BCUT2D eigenvalue weighted by molar-refractivity contribution is 5.78. The summed E-state index contributed by atoms with van der Waals surface area (Å²) in [7, 11) is 0. The lowest BCUT2D eigenvalue weighted by Crippen LogP contribution is -2.46. The Kier molecular flexibility index (Phi) is 5.12. The lowest BCUT2D eigenvalue weighted by Gasteiger charge is -2.33. The van der Waals surface area contributed by atoms with E-state index >= 15 is 0 Å². The van der Waals surface area contributed by atoms with Crippen LogP contribution in [-0.2, 0) is 11.3 Å². The Morgan fingerprint density at radius 2 is 2.10 bits per heavy atom. The van der Waals surface area contributed by atoms with Crippen molar-refractivity contribution in [2.75, 3.05) is 13.1 Å². The summed E-state index contributed by atoms with van der Waals surface area (Å²) in [5.74, 6) is 0.389. The van der Waals surface area contributed by atoms with Crippen molar-refractivity contribution >= 4 is 5.91 Å². The predicted octanol–water partition coefficient (Wildman–Crippen LogP) is 2.13. The van der Waals surface area contributed by atoms with Gasteiger partial charge in [0.05, 0.1) is 5.69 Å². The van der Waals surface area contributed by atoms with Crippen molar-refractivity contribution in [2.45, 2.75) is 46.2 Å². The summed E-state index contributed by atoms with van der Waals surface area (Å²) in [6.07, 6.45) is 3.97. The molecular formula is C16H25N3O. The second kappa shape index (κ2) is 6.84. The summed E-state index contributed by atoms with van der Waals surface area (Å²) in [5, 5.41) is 3.55. The smallest absolute Gasteiger partial charge is 0.225 e. The van der Waals surface area contributed by atoms with Crippen molar-refractivity contribution in [1.29, 1.82) is 0 Å². The molecule has 0 aliphatic carbocycles. The first-order chi connectivity index (χ1) is 9.56. The first-order valence-electron chi connectivity index (χ1n) is 7.50. The SMILES string of the molecule is Cc1ccc(CNC2CCN(C(=O)C(C)C)CC2)nc1. The number of nitrogens with one attached hydrogen (secondary N) is 1. The van der Waals surface area contributed by atoms with E-state index in [1.54, 1.807) is 0 Å². The molecule has 20 heavy (non-hydrogen) atoms. The van der Waals surface area contributed by atoms with Gasteiger partial charge in [-0.15, -0.1) is 0 Å². The Balaban J connectivity index is 1.74. The van der Waals surface area contributed by atoms with Crippen LogP contribution in [0.4, 0.5) is 0 Å². The van der Waals surface area contributed by atoms with Crippen LogP contribution in [0.3, 0.4) is 0 Å². The van der Waals surface area contributed by atoms with Gasteiger partial charge in [-0.05, 0) is 31.4 Å². The summed E-state index contributed by atoms with van der Waals surface area (Å²) < 4.78 is 0. The third kappa shape index (κ3) is 4.04. The summed E-state index contributed by atoms with van der Waals surface area (Å²) in [4.78, 5) is 18.3. The van der Waals surface area contributed by atoms with Gasteiger partial charge in [0.25, 0.3) is 0 Å². The Morgan fingerprint density at radius 3 is 2.65 bits per heavy atom. The van der Waals surface area contributed by atoms with Gasteiger partial charge >= 0.3 is 0 Å². The maximum atomic E-state index is 11.9. The molecular weight excluding hydrogens is 250 g/mol. The fourth-order valence-corrected chi connectivity index (χ4v) is 2.52. The number of aryl methyl sites for hydroxylation is 1. The van der Waals surface area contributed by atoms with Crippen LogP contribution >= 0.6 is 0 Å². The molecule has 1 aliphatic heterocycles. The zero-order valence-electron chi connectivity index (χ0n) is 12.7. The number of carbonyl (C=O) groups excluding carboxylic acids is 1. The normalized spacial score (nSPS) is 16.7. The molecule has 110 valence electrons. The number of pyridine rings is 1. The number of piperidine rings is 1. The van der Waals surface area contributed by atoms with Crippen LogP contribution in [0.1, 0.15) is 37.9 Å². The maximum Gasteiger partial charge on any atom is 0.225 e. The van der Waals surface area contributed by atoms with Crippen LogP contribution in [0.5, 0.6) is 0 Å². The molecule has 4 nitrogen and oxygen atoms in total. The van der Waals surface area contributed by atoms with Gasteiger partial charge < -0.3 is 10.2 Å². The van der Waals surface area contributed by atoms with Gasteiger partial charge in [0.2, 0.25) is 5.91 Å². The standard InChI is InChI=1S/C16H25N3O/c1-12(2)16(20)19-8-6-14(7-9-19)18-11-15-5-4-13(3)10-17-15/h4-5,10,12,14,18H,6-9,11H2,1-3H3. The van der Waals surface area contributed by atoms with Crippen molar-refractivity contribution in [3.05, 3.63) is 29.6 Å². The van der Waals surface area contributed by atoms with Gasteiger partial charge in [0, 0.05) is 37.8 Å². The zero-order chi connectivity index (χ0) is 14.5. The number of aromatic nitrogens is 1. The third-order valence-electron chi connectivity index (χ3n) is 3.85. The van der Waals surface area contributed by atoms with Gasteiger partial charge in [0.1, 0.15) is 0 Å². The first kappa shape index (κ1) is 15.0. The molecule has 4 heteroatoms. The molecule has 2 rings (SSSR count). The van der Waals surface area contributed by atoms with E-state index in [2.05, 4.69) is 22.4 Å². The van der Waals surface area contributed by atoms with Gasteiger partial charge in [-0.1, -0.05) is 19.9 Å². The molecule has 1 N–H and O–H groups in total. The predicted molar refractivity (Wildman–Crippen MR) is 80.3 cm³/mol. The zero-order valence-corrected chi connectivity index (χ0v) is 12.7. The molecule has 0 atom stereocenters. The fraction of sp³-hybridized carbons (Fsp3) is 0.625. The van der Waals surface area contributed by atoms with E-state index in [1.165, 1.54) is 5.56 Å². The van der Waals surface area contributed by atoms with Gasteiger partial charge in [-0.25, -0.2) is 0 Å². The molecule has 0 bridgehead atoms. The number of nitrogens with zero attached hydrogens (tertiary/aromatic N) is 2. The average molecular weight is 275 g/mol. The van der Waals surface area contributed by atoms with Gasteiger partial charge in [0.15, 0.2) is 0 Å². The molecule has 1 saturated heterocycles. The van der Waals surface area contributed by atoms with Gasteiger partial charge in [-0.2, -0.15) is 0 Å². The second-order valence-corrected chi connectivity index (χ2v) is 5.96. The quantitative estimate of drug-likeness (QED) is 0.915. The van der Waals surface area contributed by atoms with Crippen LogP contribution in [0.25, 0.3) is 0 Å². The van der Waals surface area contributed by atoms with Crippen molar-refractivity contribution in [1.82, 2.24) is 15.2 Å². The molecule has 1 aromatic heterocycles. The minimum atomic E-state index is 0.108. The highest BCUT2D eigenvalue weighted by Crippen LogP contribution is 2.13. The topological polar surface area (TPSA) is 45.2 Å². The highest BCUT2D eigenvalue weighted by atomic mass is 16.2. The largest absolute Gasteiger partial charge is 0.342 e. The van der Waals surface area contributed by atoms with E-state index in [9.17, 15) is 4.79 Å². The number of carbonyl (C=O) groups is 1. The van der Waals surface area contributed by atoms with E-state index in [-0.39, 0.29) is 11.8 Å². The molecule has 1 fully saturated rings. The van der Waals surface area contributed by atoms with E-state index in [0.717, 1.165) is 38.2 Å². The molecule has 0 unspecified atom stereocenters. The minimum absolute atomic E-state index is 0.108. The first-order valence-corrected chi connectivity index (χ1v) is 7.50. The summed E-state index contributed by atoms with van der Waals surface area (Å²) >= 11 is 0. The Bertz CT molecular complexity index is 434. The number of likely N-dealkylation sites (tertiary alicyclic amines) is 1. The molecule has 2 heterocycles. The molecule has 1 amide bonds. The number of rotatable bonds is 4. The number of hydrogen-bond acceptors (Lipinski definition) is 3. The monoisotopic (exact) mass is 275 g/mol.